The molecule has 0 aliphatic carbocycles. The van der Waals surface area contributed by atoms with Crippen LogP contribution >= 0.6 is 23.2 Å². The van der Waals surface area contributed by atoms with Crippen molar-refractivity contribution in [1.29, 1.82) is 0 Å². The second-order valence-electron chi connectivity index (χ2n) is 3.45. The fraction of sp³-hybridized carbons (Fsp3) is 0. The lowest BCUT2D eigenvalue weighted by Gasteiger charge is -2.11. The van der Waals surface area contributed by atoms with E-state index in [0.29, 0.717) is 21.4 Å². The monoisotopic (exact) mass is 270 g/mol. The molecule has 0 saturated heterocycles. The maximum atomic E-state index is 13.2. The molecule has 0 heterocycles. The normalized spacial score (nSPS) is 10.3. The minimum absolute atomic E-state index is 0.0542. The molecule has 0 fully saturated rings. The van der Waals surface area contributed by atoms with Crippen molar-refractivity contribution in [1.82, 2.24) is 0 Å². The Bertz CT molecular complexity index is 558. The quantitative estimate of drug-likeness (QED) is 0.791. The van der Waals surface area contributed by atoms with Crippen LogP contribution in [-0.2, 0) is 0 Å². The average Bonchev–Trinajstić information content (AvgIpc) is 2.28. The van der Waals surface area contributed by atoms with Crippen LogP contribution in [0.15, 0.2) is 36.4 Å². The summed E-state index contributed by atoms with van der Waals surface area (Å²) in [6.45, 7) is 0. The van der Waals surface area contributed by atoms with Gasteiger partial charge in [0.1, 0.15) is 5.82 Å². The number of nitrogen functional groups attached to an aromatic ring is 1. The van der Waals surface area contributed by atoms with Crippen LogP contribution in [0, 0.1) is 5.82 Å². The summed E-state index contributed by atoms with van der Waals surface area (Å²) in [6.07, 6.45) is 0. The van der Waals surface area contributed by atoms with Crippen molar-refractivity contribution in [3.8, 4) is 0 Å². The number of rotatable bonds is 2. The van der Waals surface area contributed by atoms with Crippen LogP contribution in [0.3, 0.4) is 0 Å². The molecule has 0 aliphatic rings. The molecular formula is C12H9Cl2FN2. The standard InChI is InChI=1S/C12H9Cl2FN2/c13-7-4-5-10(8(14)6-7)17-11-3-1-2-9(15)12(11)16/h1-6,17H,16H2. The minimum atomic E-state index is -0.472. The van der Waals surface area contributed by atoms with Crippen molar-refractivity contribution in [2.24, 2.45) is 0 Å². The van der Waals surface area contributed by atoms with Gasteiger partial charge in [-0.15, -0.1) is 0 Å². The first-order chi connectivity index (χ1) is 8.08. The smallest absolute Gasteiger partial charge is 0.148 e. The van der Waals surface area contributed by atoms with E-state index in [-0.39, 0.29) is 5.69 Å². The van der Waals surface area contributed by atoms with Gasteiger partial charge in [-0.3, -0.25) is 0 Å². The molecule has 0 atom stereocenters. The lowest BCUT2D eigenvalue weighted by Crippen LogP contribution is -1.99. The molecule has 5 heteroatoms. The topological polar surface area (TPSA) is 38.0 Å². The van der Waals surface area contributed by atoms with E-state index in [1.165, 1.54) is 6.07 Å². The maximum Gasteiger partial charge on any atom is 0.148 e. The third-order valence-corrected chi connectivity index (χ3v) is 2.80. The highest BCUT2D eigenvalue weighted by molar-refractivity contribution is 6.36. The molecule has 0 aromatic heterocycles. The molecule has 2 rings (SSSR count). The number of benzene rings is 2. The van der Waals surface area contributed by atoms with E-state index in [0.717, 1.165) is 0 Å². The molecule has 0 amide bonds. The Morgan fingerprint density at radius 1 is 1.06 bits per heavy atom. The molecular weight excluding hydrogens is 262 g/mol. The number of hydrogen-bond donors (Lipinski definition) is 2. The average molecular weight is 271 g/mol. The highest BCUT2D eigenvalue weighted by Crippen LogP contribution is 2.31. The second kappa shape index (κ2) is 4.82. The summed E-state index contributed by atoms with van der Waals surface area (Å²) in [6, 6.07) is 9.52. The van der Waals surface area contributed by atoms with Crippen LogP contribution in [0.5, 0.6) is 0 Å². The van der Waals surface area contributed by atoms with Crippen molar-refractivity contribution in [2.75, 3.05) is 11.1 Å². The fourth-order valence-corrected chi connectivity index (χ4v) is 1.84. The molecule has 2 aromatic rings. The lowest BCUT2D eigenvalue weighted by molar-refractivity contribution is 0.633. The van der Waals surface area contributed by atoms with Gasteiger partial charge in [0.2, 0.25) is 0 Å². The summed E-state index contributed by atoms with van der Waals surface area (Å²) in [5.41, 5.74) is 6.74. The van der Waals surface area contributed by atoms with Crippen molar-refractivity contribution in [2.45, 2.75) is 0 Å². The molecule has 0 radical (unpaired) electrons. The molecule has 88 valence electrons. The van der Waals surface area contributed by atoms with Crippen molar-refractivity contribution < 1.29 is 4.39 Å². The van der Waals surface area contributed by atoms with Gasteiger partial charge < -0.3 is 11.1 Å². The Morgan fingerprint density at radius 2 is 1.82 bits per heavy atom. The largest absolute Gasteiger partial charge is 0.395 e. The van der Waals surface area contributed by atoms with Crippen LogP contribution in [-0.4, -0.2) is 0 Å². The molecule has 0 saturated carbocycles. The van der Waals surface area contributed by atoms with Crippen LogP contribution in [0.25, 0.3) is 0 Å². The highest BCUT2D eigenvalue weighted by atomic mass is 35.5. The zero-order chi connectivity index (χ0) is 12.4. The van der Waals surface area contributed by atoms with Gasteiger partial charge in [0.05, 0.1) is 22.1 Å². The number of nitrogens with one attached hydrogen (secondary N) is 1. The van der Waals surface area contributed by atoms with E-state index < -0.39 is 5.82 Å². The van der Waals surface area contributed by atoms with E-state index >= 15 is 0 Å². The third-order valence-electron chi connectivity index (χ3n) is 2.25. The maximum absolute atomic E-state index is 13.2. The summed E-state index contributed by atoms with van der Waals surface area (Å²) in [4.78, 5) is 0. The summed E-state index contributed by atoms with van der Waals surface area (Å²) in [5, 5.41) is 3.93. The third kappa shape index (κ3) is 2.62. The van der Waals surface area contributed by atoms with Crippen LogP contribution in [0.2, 0.25) is 10.0 Å². The van der Waals surface area contributed by atoms with Gasteiger partial charge in [0, 0.05) is 5.02 Å². The SMILES string of the molecule is Nc1c(F)cccc1Nc1ccc(Cl)cc1Cl. The van der Waals surface area contributed by atoms with Gasteiger partial charge in [-0.25, -0.2) is 4.39 Å². The minimum Gasteiger partial charge on any atom is -0.395 e. The molecule has 0 bridgehead atoms. The van der Waals surface area contributed by atoms with Crippen molar-refractivity contribution in [3.63, 3.8) is 0 Å². The summed E-state index contributed by atoms with van der Waals surface area (Å²) in [5.74, 6) is -0.472. The predicted molar refractivity (Wildman–Crippen MR) is 70.6 cm³/mol. The molecule has 0 spiro atoms. The highest BCUT2D eigenvalue weighted by Gasteiger charge is 2.06. The molecule has 2 aromatic carbocycles. The molecule has 3 N–H and O–H groups in total. The number of nitrogens with two attached hydrogens (primary N) is 1. The molecule has 0 aliphatic heterocycles. The van der Waals surface area contributed by atoms with Gasteiger partial charge in [-0.1, -0.05) is 29.3 Å². The van der Waals surface area contributed by atoms with E-state index in [9.17, 15) is 4.39 Å². The Hall–Kier alpha value is -1.45. The number of halogens is 3. The fourth-order valence-electron chi connectivity index (χ4n) is 1.38. The van der Waals surface area contributed by atoms with E-state index in [1.54, 1.807) is 30.3 Å². The number of hydrogen-bond acceptors (Lipinski definition) is 2. The Kier molecular flexibility index (Phi) is 3.41. The molecule has 2 nitrogen and oxygen atoms in total. The van der Waals surface area contributed by atoms with Crippen LogP contribution < -0.4 is 11.1 Å². The summed E-state index contributed by atoms with van der Waals surface area (Å²) >= 11 is 11.8. The number of para-hydroxylation sites is 1. The van der Waals surface area contributed by atoms with Gasteiger partial charge in [-0.05, 0) is 30.3 Å². The summed E-state index contributed by atoms with van der Waals surface area (Å²) < 4.78 is 13.2. The molecule has 0 unspecified atom stereocenters. The van der Waals surface area contributed by atoms with Gasteiger partial charge in [-0.2, -0.15) is 0 Å². The zero-order valence-corrected chi connectivity index (χ0v) is 10.2. The van der Waals surface area contributed by atoms with Gasteiger partial charge in [0.25, 0.3) is 0 Å². The van der Waals surface area contributed by atoms with Crippen LogP contribution in [0.1, 0.15) is 0 Å². The number of anilines is 3. The molecule has 17 heavy (non-hydrogen) atoms. The first-order valence-corrected chi connectivity index (χ1v) is 5.59. The summed E-state index contributed by atoms with van der Waals surface area (Å²) in [7, 11) is 0. The Morgan fingerprint density at radius 3 is 2.53 bits per heavy atom. The van der Waals surface area contributed by atoms with Crippen LogP contribution in [0.4, 0.5) is 21.5 Å². The zero-order valence-electron chi connectivity index (χ0n) is 8.68. The van der Waals surface area contributed by atoms with Gasteiger partial charge >= 0.3 is 0 Å². The van der Waals surface area contributed by atoms with E-state index in [2.05, 4.69) is 5.32 Å². The van der Waals surface area contributed by atoms with Crippen molar-refractivity contribution in [3.05, 3.63) is 52.3 Å². The first-order valence-electron chi connectivity index (χ1n) is 4.84. The lowest BCUT2D eigenvalue weighted by atomic mass is 10.2. The Labute approximate surface area is 108 Å². The first kappa shape index (κ1) is 12.0. The van der Waals surface area contributed by atoms with E-state index in [4.69, 9.17) is 28.9 Å². The second-order valence-corrected chi connectivity index (χ2v) is 4.29. The predicted octanol–water partition coefficient (Wildman–Crippen LogP) is 4.46. The Balaban J connectivity index is 2.35. The van der Waals surface area contributed by atoms with Gasteiger partial charge in [0.15, 0.2) is 0 Å². The van der Waals surface area contributed by atoms with E-state index in [1.807, 2.05) is 0 Å². The van der Waals surface area contributed by atoms with Crippen molar-refractivity contribution >= 4 is 40.3 Å².